The number of rotatable bonds is 6. The van der Waals surface area contributed by atoms with Gasteiger partial charge in [-0.2, -0.15) is 10.2 Å². The number of carbonyl (C=O) groups is 1. The van der Waals surface area contributed by atoms with Crippen LogP contribution < -0.4 is 10.1 Å². The van der Waals surface area contributed by atoms with Crippen molar-refractivity contribution in [3.8, 4) is 17.1 Å². The van der Waals surface area contributed by atoms with Crippen molar-refractivity contribution in [2.45, 2.75) is 45.3 Å². The second-order valence-electron chi connectivity index (χ2n) is 7.44. The van der Waals surface area contributed by atoms with E-state index in [1.54, 1.807) is 16.9 Å². The molecule has 11 heteroatoms. The Bertz CT molecular complexity index is 1090. The molecule has 1 aliphatic rings. The Morgan fingerprint density at radius 1 is 1.34 bits per heavy atom. The van der Waals surface area contributed by atoms with Crippen LogP contribution in [-0.2, 0) is 11.3 Å². The van der Waals surface area contributed by atoms with Crippen LogP contribution in [0.15, 0.2) is 36.5 Å². The zero-order chi connectivity index (χ0) is 22.7. The van der Waals surface area contributed by atoms with Gasteiger partial charge in [0.25, 0.3) is 5.91 Å². The van der Waals surface area contributed by atoms with Gasteiger partial charge in [0.2, 0.25) is 0 Å². The number of amides is 1. The van der Waals surface area contributed by atoms with E-state index in [0.717, 1.165) is 42.3 Å². The number of para-hydroxylation sites is 1. The van der Waals surface area contributed by atoms with Crippen molar-refractivity contribution in [1.82, 2.24) is 25.3 Å². The predicted octanol–water partition coefficient (Wildman–Crippen LogP) is 4.11. The summed E-state index contributed by atoms with van der Waals surface area (Å²) in [5, 5.41) is 14.2. The minimum atomic E-state index is -4.90. The molecule has 32 heavy (non-hydrogen) atoms. The van der Waals surface area contributed by atoms with Gasteiger partial charge in [-0.3, -0.25) is 9.89 Å². The fourth-order valence-electron chi connectivity index (χ4n) is 3.59. The molecular weight excluding hydrogens is 427 g/mol. The second-order valence-corrected chi connectivity index (χ2v) is 7.44. The Morgan fingerprint density at radius 2 is 2.16 bits per heavy atom. The van der Waals surface area contributed by atoms with E-state index in [0.29, 0.717) is 12.3 Å². The number of hydrogen-bond donors (Lipinski definition) is 2. The number of H-pyrrole nitrogens is 1. The summed E-state index contributed by atoms with van der Waals surface area (Å²) in [4.78, 5) is 12.6. The molecule has 0 aliphatic carbocycles. The van der Waals surface area contributed by atoms with Crippen molar-refractivity contribution >= 4 is 5.91 Å². The molecule has 3 aromatic rings. The predicted molar refractivity (Wildman–Crippen MR) is 108 cm³/mol. The monoisotopic (exact) mass is 449 g/mol. The molecule has 1 atom stereocenters. The molecule has 0 saturated carbocycles. The van der Waals surface area contributed by atoms with E-state index in [1.807, 2.05) is 6.92 Å². The third-order valence-corrected chi connectivity index (χ3v) is 5.09. The topological polar surface area (TPSA) is 94.1 Å². The quantitative estimate of drug-likeness (QED) is 0.591. The average Bonchev–Trinajstić information content (AvgIpc) is 3.37. The normalized spacial score (nSPS) is 16.7. The van der Waals surface area contributed by atoms with Crippen LogP contribution in [-0.4, -0.2) is 38.9 Å². The Hall–Kier alpha value is -3.34. The average molecular weight is 449 g/mol. The Kier molecular flexibility index (Phi) is 6.17. The number of ether oxygens (including phenoxy) is 2. The molecule has 170 valence electrons. The molecule has 2 aromatic heterocycles. The molecule has 1 aromatic carbocycles. The van der Waals surface area contributed by atoms with Gasteiger partial charge in [-0.1, -0.05) is 12.1 Å². The van der Waals surface area contributed by atoms with Gasteiger partial charge in [-0.25, -0.2) is 4.68 Å². The summed E-state index contributed by atoms with van der Waals surface area (Å²) in [6, 6.07) is 6.99. The highest BCUT2D eigenvalue weighted by molar-refractivity contribution is 5.96. The first-order valence-corrected chi connectivity index (χ1v) is 10.1. The Morgan fingerprint density at radius 3 is 2.84 bits per heavy atom. The zero-order valence-corrected chi connectivity index (χ0v) is 17.3. The zero-order valence-electron chi connectivity index (χ0n) is 17.3. The van der Waals surface area contributed by atoms with Crippen molar-refractivity contribution < 1.29 is 27.4 Å². The van der Waals surface area contributed by atoms with E-state index in [4.69, 9.17) is 4.74 Å². The van der Waals surface area contributed by atoms with E-state index < -0.39 is 18.0 Å². The number of nitrogens with zero attached hydrogens (tertiary/aromatic N) is 3. The minimum absolute atomic E-state index is 0.0130. The van der Waals surface area contributed by atoms with Gasteiger partial charge in [0.1, 0.15) is 5.75 Å². The Balaban J connectivity index is 1.55. The third kappa shape index (κ3) is 4.93. The van der Waals surface area contributed by atoms with E-state index >= 15 is 0 Å². The van der Waals surface area contributed by atoms with Gasteiger partial charge in [-0.15, -0.1) is 13.2 Å². The molecule has 0 spiro atoms. The molecule has 1 amide bonds. The summed E-state index contributed by atoms with van der Waals surface area (Å²) < 4.78 is 49.5. The first-order valence-electron chi connectivity index (χ1n) is 10.1. The number of hydrogen-bond acceptors (Lipinski definition) is 5. The van der Waals surface area contributed by atoms with Crippen molar-refractivity contribution in [2.24, 2.45) is 0 Å². The smallest absolute Gasteiger partial charge is 0.405 e. The van der Waals surface area contributed by atoms with Gasteiger partial charge < -0.3 is 14.8 Å². The molecule has 1 aliphatic heterocycles. The van der Waals surface area contributed by atoms with Crippen LogP contribution in [0.4, 0.5) is 13.2 Å². The highest BCUT2D eigenvalue weighted by atomic mass is 19.4. The minimum Gasteiger partial charge on any atom is -0.405 e. The third-order valence-electron chi connectivity index (χ3n) is 5.09. The lowest BCUT2D eigenvalue weighted by molar-refractivity contribution is -0.274. The summed E-state index contributed by atoms with van der Waals surface area (Å²) in [5.74, 6) is -1.26. The maximum Gasteiger partial charge on any atom is 0.573 e. The summed E-state index contributed by atoms with van der Waals surface area (Å²) in [7, 11) is 0. The van der Waals surface area contributed by atoms with Gasteiger partial charge in [0.05, 0.1) is 35.4 Å². The second kappa shape index (κ2) is 9.03. The standard InChI is InChI=1S/C21H22F3N5O3/c1-13-11-26-27-19(13)16-10-14(28-29(16)18-8-4-5-9-31-18)12-25-20(30)15-6-2-3-7-17(15)32-21(22,23)24/h2-3,6-7,10-11,18H,4-5,8-9,12H2,1H3,(H,25,30)(H,26,27). The number of carbonyl (C=O) groups excluding carboxylic acids is 1. The number of nitrogens with one attached hydrogen (secondary N) is 2. The van der Waals surface area contributed by atoms with Crippen LogP contribution in [0.1, 0.15) is 47.1 Å². The highest BCUT2D eigenvalue weighted by Gasteiger charge is 2.33. The molecule has 1 saturated heterocycles. The van der Waals surface area contributed by atoms with E-state index in [-0.39, 0.29) is 18.3 Å². The van der Waals surface area contributed by atoms with Crippen molar-refractivity contribution in [3.63, 3.8) is 0 Å². The highest BCUT2D eigenvalue weighted by Crippen LogP contribution is 2.30. The Labute approximate surface area is 181 Å². The van der Waals surface area contributed by atoms with Crippen LogP contribution in [0, 0.1) is 6.92 Å². The molecule has 0 radical (unpaired) electrons. The van der Waals surface area contributed by atoms with E-state index in [2.05, 4.69) is 25.3 Å². The first-order chi connectivity index (χ1) is 15.3. The molecular formula is C21H22F3N5O3. The van der Waals surface area contributed by atoms with Crippen LogP contribution >= 0.6 is 0 Å². The summed E-state index contributed by atoms with van der Waals surface area (Å²) >= 11 is 0. The maximum absolute atomic E-state index is 12.6. The van der Waals surface area contributed by atoms with Crippen molar-refractivity contribution in [3.05, 3.63) is 53.3 Å². The van der Waals surface area contributed by atoms with E-state index in [9.17, 15) is 18.0 Å². The summed E-state index contributed by atoms with van der Waals surface area (Å²) in [6.45, 7) is 2.56. The molecule has 2 N–H and O–H groups in total. The van der Waals surface area contributed by atoms with Crippen LogP contribution in [0.2, 0.25) is 0 Å². The van der Waals surface area contributed by atoms with Gasteiger partial charge in [-0.05, 0) is 49.9 Å². The number of aromatic nitrogens is 4. The maximum atomic E-state index is 12.6. The molecule has 3 heterocycles. The number of aryl methyl sites for hydroxylation is 1. The van der Waals surface area contributed by atoms with Crippen LogP contribution in [0.5, 0.6) is 5.75 Å². The lowest BCUT2D eigenvalue weighted by atomic mass is 10.1. The van der Waals surface area contributed by atoms with Gasteiger partial charge in [0.15, 0.2) is 6.23 Å². The molecule has 4 rings (SSSR count). The van der Waals surface area contributed by atoms with Gasteiger partial charge in [0, 0.05) is 6.61 Å². The van der Waals surface area contributed by atoms with Crippen molar-refractivity contribution in [1.29, 1.82) is 0 Å². The number of alkyl halides is 3. The fraction of sp³-hybridized carbons (Fsp3) is 0.381. The van der Waals surface area contributed by atoms with E-state index in [1.165, 1.54) is 18.2 Å². The van der Waals surface area contributed by atoms with Gasteiger partial charge >= 0.3 is 6.36 Å². The molecule has 1 fully saturated rings. The first kappa shape index (κ1) is 21.9. The lowest BCUT2D eigenvalue weighted by Gasteiger charge is -2.24. The van der Waals surface area contributed by atoms with Crippen LogP contribution in [0.3, 0.4) is 0 Å². The fourth-order valence-corrected chi connectivity index (χ4v) is 3.59. The van der Waals surface area contributed by atoms with Crippen LogP contribution in [0.25, 0.3) is 11.4 Å². The SMILES string of the molecule is Cc1cn[nH]c1-c1cc(CNC(=O)c2ccccc2OC(F)(F)F)nn1C1CCCCO1. The molecule has 0 bridgehead atoms. The summed E-state index contributed by atoms with van der Waals surface area (Å²) in [6.07, 6.45) is -0.645. The molecule has 1 unspecified atom stereocenters. The number of benzene rings is 1. The molecule has 8 nitrogen and oxygen atoms in total. The number of aromatic amines is 1. The lowest BCUT2D eigenvalue weighted by Crippen LogP contribution is -2.26. The number of halogens is 3. The summed E-state index contributed by atoms with van der Waals surface area (Å²) in [5.41, 5.74) is 2.79. The largest absolute Gasteiger partial charge is 0.573 e. The van der Waals surface area contributed by atoms with Crippen molar-refractivity contribution in [2.75, 3.05) is 6.61 Å².